The summed E-state index contributed by atoms with van der Waals surface area (Å²) in [5.74, 6) is 2.19. The standard InChI is InChI=1S/C20H27N3OS/c1-14(2)21-19(24)13-25-20-16-9-5-6-10-17(16)22-18(23-20)12-11-15-7-3-4-8-15/h5-6,9-10,14-15H,3-4,7-8,11-13H2,1-2H3,(H,21,24). The van der Waals surface area contributed by atoms with Gasteiger partial charge in [-0.1, -0.05) is 55.6 Å². The molecule has 134 valence electrons. The van der Waals surface area contributed by atoms with Crippen LogP contribution in [0, 0.1) is 5.92 Å². The minimum Gasteiger partial charge on any atom is -0.353 e. The molecule has 0 bridgehead atoms. The molecule has 1 amide bonds. The van der Waals surface area contributed by atoms with Crippen LogP contribution in [0.15, 0.2) is 29.3 Å². The molecule has 0 aliphatic heterocycles. The topological polar surface area (TPSA) is 54.9 Å². The number of hydrogen-bond donors (Lipinski definition) is 1. The molecule has 1 aliphatic rings. The molecule has 0 saturated heterocycles. The number of amides is 1. The quantitative estimate of drug-likeness (QED) is 0.590. The number of carbonyl (C=O) groups is 1. The highest BCUT2D eigenvalue weighted by Crippen LogP contribution is 2.29. The number of hydrogen-bond acceptors (Lipinski definition) is 4. The summed E-state index contributed by atoms with van der Waals surface area (Å²) in [6.45, 7) is 3.95. The minimum absolute atomic E-state index is 0.0511. The fourth-order valence-corrected chi connectivity index (χ4v) is 4.29. The second-order valence-corrected chi connectivity index (χ2v) is 8.13. The average molecular weight is 358 g/mol. The highest BCUT2D eigenvalue weighted by Gasteiger charge is 2.16. The van der Waals surface area contributed by atoms with Gasteiger partial charge in [-0.15, -0.1) is 0 Å². The molecular weight excluding hydrogens is 330 g/mol. The van der Waals surface area contributed by atoms with Crippen LogP contribution in [0.4, 0.5) is 0 Å². The number of fused-ring (bicyclic) bond motifs is 1. The van der Waals surface area contributed by atoms with E-state index in [9.17, 15) is 4.79 Å². The zero-order chi connectivity index (χ0) is 17.6. The van der Waals surface area contributed by atoms with E-state index < -0.39 is 0 Å². The van der Waals surface area contributed by atoms with Gasteiger partial charge in [0.1, 0.15) is 10.9 Å². The van der Waals surface area contributed by atoms with Crippen LogP contribution < -0.4 is 5.32 Å². The minimum atomic E-state index is 0.0511. The van der Waals surface area contributed by atoms with Crippen molar-refractivity contribution in [1.82, 2.24) is 15.3 Å². The Hall–Kier alpha value is -1.62. The van der Waals surface area contributed by atoms with E-state index >= 15 is 0 Å². The van der Waals surface area contributed by atoms with Crippen molar-refractivity contribution in [1.29, 1.82) is 0 Å². The summed E-state index contributed by atoms with van der Waals surface area (Å²) < 4.78 is 0. The summed E-state index contributed by atoms with van der Waals surface area (Å²) in [7, 11) is 0. The molecule has 1 aliphatic carbocycles. The molecule has 1 N–H and O–H groups in total. The molecule has 2 aromatic rings. The summed E-state index contributed by atoms with van der Waals surface area (Å²) in [6, 6.07) is 8.25. The second kappa shape index (κ2) is 8.65. The lowest BCUT2D eigenvalue weighted by Gasteiger charge is -2.11. The lowest BCUT2D eigenvalue weighted by atomic mass is 10.0. The van der Waals surface area contributed by atoms with Crippen LogP contribution in [0.2, 0.25) is 0 Å². The van der Waals surface area contributed by atoms with Crippen LogP contribution in [0.5, 0.6) is 0 Å². The number of nitrogens with one attached hydrogen (secondary N) is 1. The maximum Gasteiger partial charge on any atom is 0.230 e. The van der Waals surface area contributed by atoms with Crippen LogP contribution in [-0.4, -0.2) is 27.7 Å². The molecule has 1 fully saturated rings. The first-order valence-corrected chi connectivity index (χ1v) is 10.3. The largest absolute Gasteiger partial charge is 0.353 e. The van der Waals surface area contributed by atoms with Gasteiger partial charge in [-0.2, -0.15) is 0 Å². The van der Waals surface area contributed by atoms with Gasteiger partial charge in [-0.05, 0) is 32.3 Å². The van der Waals surface area contributed by atoms with Crippen molar-refractivity contribution in [2.75, 3.05) is 5.75 Å². The van der Waals surface area contributed by atoms with Crippen molar-refractivity contribution in [3.8, 4) is 0 Å². The van der Waals surface area contributed by atoms with Crippen molar-refractivity contribution in [3.63, 3.8) is 0 Å². The summed E-state index contributed by atoms with van der Waals surface area (Å²) in [6.07, 6.45) is 7.55. The Morgan fingerprint density at radius 1 is 1.24 bits per heavy atom. The normalized spacial score (nSPS) is 15.2. The molecule has 0 unspecified atom stereocenters. The first kappa shape index (κ1) is 18.2. The maximum atomic E-state index is 12.0. The summed E-state index contributed by atoms with van der Waals surface area (Å²) in [5.41, 5.74) is 0.977. The number of carbonyl (C=O) groups excluding carboxylic acids is 1. The molecule has 3 rings (SSSR count). The van der Waals surface area contributed by atoms with Crippen LogP contribution >= 0.6 is 11.8 Å². The number of aromatic nitrogens is 2. The van der Waals surface area contributed by atoms with Gasteiger partial charge in [-0.25, -0.2) is 9.97 Å². The van der Waals surface area contributed by atoms with E-state index in [2.05, 4.69) is 5.32 Å². The van der Waals surface area contributed by atoms with Gasteiger partial charge in [0.2, 0.25) is 5.91 Å². The SMILES string of the molecule is CC(C)NC(=O)CSc1nc(CCC2CCCC2)nc2ccccc12. The van der Waals surface area contributed by atoms with Crippen molar-refractivity contribution < 1.29 is 4.79 Å². The average Bonchev–Trinajstić information content (AvgIpc) is 3.11. The molecule has 1 aromatic heterocycles. The Morgan fingerprint density at radius 2 is 2.00 bits per heavy atom. The zero-order valence-corrected chi connectivity index (χ0v) is 15.9. The highest BCUT2D eigenvalue weighted by molar-refractivity contribution is 8.00. The lowest BCUT2D eigenvalue weighted by Crippen LogP contribution is -2.31. The number of para-hydroxylation sites is 1. The Bertz CT molecular complexity index is 726. The van der Waals surface area contributed by atoms with Gasteiger partial charge in [0.25, 0.3) is 0 Å². The fraction of sp³-hybridized carbons (Fsp3) is 0.550. The molecular formula is C20H27N3OS. The first-order valence-electron chi connectivity index (χ1n) is 9.29. The summed E-state index contributed by atoms with van der Waals surface area (Å²) in [4.78, 5) is 21.5. The second-order valence-electron chi connectivity index (χ2n) is 7.16. The molecule has 0 atom stereocenters. The number of thioether (sulfide) groups is 1. The maximum absolute atomic E-state index is 12.0. The van der Waals surface area contributed by atoms with E-state index in [4.69, 9.17) is 9.97 Å². The summed E-state index contributed by atoms with van der Waals surface area (Å²) in [5, 5.41) is 4.89. The van der Waals surface area contributed by atoms with E-state index in [1.807, 2.05) is 38.1 Å². The number of aryl methyl sites for hydroxylation is 1. The van der Waals surface area contributed by atoms with Gasteiger partial charge >= 0.3 is 0 Å². The van der Waals surface area contributed by atoms with E-state index in [0.717, 1.165) is 34.1 Å². The van der Waals surface area contributed by atoms with E-state index in [0.29, 0.717) is 5.75 Å². The Labute approximate surface area is 154 Å². The van der Waals surface area contributed by atoms with Crippen LogP contribution in [0.3, 0.4) is 0 Å². The molecule has 4 nitrogen and oxygen atoms in total. The third-order valence-electron chi connectivity index (χ3n) is 4.66. The third kappa shape index (κ3) is 5.18. The van der Waals surface area contributed by atoms with Gasteiger partial charge in [-0.3, -0.25) is 4.79 Å². The molecule has 0 spiro atoms. The molecule has 1 heterocycles. The lowest BCUT2D eigenvalue weighted by molar-refractivity contribution is -0.119. The van der Waals surface area contributed by atoms with Gasteiger partial charge in [0.05, 0.1) is 11.3 Å². The van der Waals surface area contributed by atoms with Crippen LogP contribution in [0.1, 0.15) is 51.8 Å². The third-order valence-corrected chi connectivity index (χ3v) is 5.65. The Balaban J connectivity index is 1.73. The van der Waals surface area contributed by atoms with Crippen LogP contribution in [-0.2, 0) is 11.2 Å². The summed E-state index contributed by atoms with van der Waals surface area (Å²) >= 11 is 1.51. The van der Waals surface area contributed by atoms with Crippen LogP contribution in [0.25, 0.3) is 10.9 Å². The van der Waals surface area contributed by atoms with Gasteiger partial charge in [0, 0.05) is 17.8 Å². The van der Waals surface area contributed by atoms with Crippen molar-refractivity contribution in [3.05, 3.63) is 30.1 Å². The number of rotatable bonds is 7. The number of nitrogens with zero attached hydrogens (tertiary/aromatic N) is 2. The Kier molecular flexibility index (Phi) is 6.29. The number of benzene rings is 1. The fourth-order valence-electron chi connectivity index (χ4n) is 3.45. The predicted octanol–water partition coefficient (Wildman–Crippen LogP) is 4.37. The van der Waals surface area contributed by atoms with E-state index in [-0.39, 0.29) is 11.9 Å². The molecule has 1 saturated carbocycles. The molecule has 0 radical (unpaired) electrons. The first-order chi connectivity index (χ1) is 12.1. The molecule has 25 heavy (non-hydrogen) atoms. The molecule has 1 aromatic carbocycles. The van der Waals surface area contributed by atoms with E-state index in [1.54, 1.807) is 0 Å². The smallest absolute Gasteiger partial charge is 0.230 e. The van der Waals surface area contributed by atoms with Crippen molar-refractivity contribution in [2.45, 2.75) is 63.4 Å². The highest BCUT2D eigenvalue weighted by atomic mass is 32.2. The van der Waals surface area contributed by atoms with Crippen molar-refractivity contribution in [2.24, 2.45) is 5.92 Å². The predicted molar refractivity (Wildman–Crippen MR) is 104 cm³/mol. The molecule has 5 heteroatoms. The van der Waals surface area contributed by atoms with Crippen molar-refractivity contribution >= 4 is 28.6 Å². The Morgan fingerprint density at radius 3 is 2.76 bits per heavy atom. The van der Waals surface area contributed by atoms with Gasteiger partial charge in [0.15, 0.2) is 0 Å². The van der Waals surface area contributed by atoms with Gasteiger partial charge < -0.3 is 5.32 Å². The zero-order valence-electron chi connectivity index (χ0n) is 15.1. The monoisotopic (exact) mass is 357 g/mol. The van der Waals surface area contributed by atoms with E-state index in [1.165, 1.54) is 43.9 Å².